The summed E-state index contributed by atoms with van der Waals surface area (Å²) in [6.45, 7) is 19.5. The Hall–Kier alpha value is -2.65. The van der Waals surface area contributed by atoms with E-state index in [1.807, 2.05) is 58.2 Å². The number of aromatic nitrogens is 3. The molecule has 0 unspecified atom stereocenters. The van der Waals surface area contributed by atoms with Crippen molar-refractivity contribution in [1.29, 1.82) is 0 Å². The van der Waals surface area contributed by atoms with Crippen LogP contribution >= 0.6 is 0 Å². The van der Waals surface area contributed by atoms with E-state index < -0.39 is 96.0 Å². The van der Waals surface area contributed by atoms with Gasteiger partial charge < -0.3 is 68.3 Å². The highest BCUT2D eigenvalue weighted by atomic mass is 16.7. The number of nitrogens with zero attached hydrogens (tertiary/aromatic N) is 5. The number of hydrogen-bond donors (Lipinski definition) is 5. The third-order valence-electron chi connectivity index (χ3n) is 14.9. The smallest absolute Gasteiger partial charge is 0.311 e. The number of esters is 1. The van der Waals surface area contributed by atoms with Gasteiger partial charge in [0.1, 0.15) is 30.0 Å². The number of ether oxygens (including phenoxy) is 6. The van der Waals surface area contributed by atoms with Crippen molar-refractivity contribution in [3.63, 3.8) is 0 Å². The summed E-state index contributed by atoms with van der Waals surface area (Å²) in [5.74, 6) is -2.71. The Bertz CT molecular complexity index is 1800. The third kappa shape index (κ3) is 13.0. The van der Waals surface area contributed by atoms with Crippen molar-refractivity contribution in [2.45, 2.75) is 205 Å². The van der Waals surface area contributed by atoms with Crippen LogP contribution in [0.1, 0.15) is 106 Å². The molecule has 3 aliphatic heterocycles. The quantitative estimate of drug-likeness (QED) is 0.183. The number of hydrogen-bond acceptors (Lipinski definition) is 16. The molecule has 66 heavy (non-hydrogen) atoms. The second-order valence-corrected chi connectivity index (χ2v) is 20.6. The third-order valence-corrected chi connectivity index (χ3v) is 14.9. The van der Waals surface area contributed by atoms with Crippen molar-refractivity contribution < 1.29 is 58.7 Å². The maximum absolute atomic E-state index is 14.4. The summed E-state index contributed by atoms with van der Waals surface area (Å²) in [7, 11) is 5.33. The molecule has 3 saturated heterocycles. The first-order valence-electron chi connectivity index (χ1n) is 24.1. The number of aliphatic hydroxyl groups excluding tert-OH is 3. The maximum Gasteiger partial charge on any atom is 0.311 e. The fourth-order valence-corrected chi connectivity index (χ4v) is 10.6. The van der Waals surface area contributed by atoms with E-state index in [-0.39, 0.29) is 37.3 Å². The van der Waals surface area contributed by atoms with Gasteiger partial charge >= 0.3 is 5.97 Å². The maximum atomic E-state index is 14.4. The molecular weight excluding hydrogens is 851 g/mol. The Morgan fingerprint density at radius 3 is 2.29 bits per heavy atom. The molecule has 3 aliphatic rings. The van der Waals surface area contributed by atoms with Crippen LogP contribution in [0.25, 0.3) is 0 Å². The van der Waals surface area contributed by atoms with Crippen LogP contribution in [-0.4, -0.2) is 180 Å². The molecule has 2 aromatic heterocycles. The Kier molecular flexibility index (Phi) is 18.8. The van der Waals surface area contributed by atoms with Gasteiger partial charge in [-0.1, -0.05) is 20.8 Å². The number of imidazole rings is 1. The van der Waals surface area contributed by atoms with Gasteiger partial charge in [-0.2, -0.15) is 0 Å². The number of aryl methyl sites for hydroxylation is 2. The molecule has 5 N–H and O–H groups in total. The number of likely N-dealkylation sites (N-methyl/N-ethyl adjacent to an activating group) is 2. The van der Waals surface area contributed by atoms with E-state index in [9.17, 15) is 30.3 Å². The number of cyclic esters (lactones) is 1. The van der Waals surface area contributed by atoms with Gasteiger partial charge in [-0.15, -0.1) is 0 Å². The van der Waals surface area contributed by atoms with Crippen LogP contribution in [0.2, 0.25) is 0 Å². The second kappa shape index (κ2) is 22.8. The van der Waals surface area contributed by atoms with Crippen molar-refractivity contribution >= 4 is 5.97 Å². The van der Waals surface area contributed by atoms with Crippen molar-refractivity contribution in [2.24, 2.45) is 17.8 Å². The minimum absolute atomic E-state index is 0.115. The van der Waals surface area contributed by atoms with Gasteiger partial charge in [0.25, 0.3) is 0 Å². The topological polar surface area (TPSA) is 211 Å². The fourth-order valence-electron chi connectivity index (χ4n) is 10.6. The number of methoxy groups -OCH3 is 1. The van der Waals surface area contributed by atoms with Crippen molar-refractivity contribution in [1.82, 2.24) is 24.3 Å². The number of carbonyl (C=O) groups is 1. The molecule has 18 atom stereocenters. The zero-order valence-electron chi connectivity index (χ0n) is 41.8. The highest BCUT2D eigenvalue weighted by Crippen LogP contribution is 2.40. The van der Waals surface area contributed by atoms with Crippen LogP contribution in [0.5, 0.6) is 0 Å². The SMILES string of the molecule is CC[C@H]1OC(=O)[C@H](C)[C@@H](O[C@H]2C[C@@](C)(OC)[C@@H](O)[C@H](C)O2)[C@H](C)[C@@H](O[C@@H]2O[C@H](C)C[C@H](N(C)CCc3cn(CCc4ccncc4)cn3)[C@H]2O)[C@](C)(O)C[C@@H](C)CN(C)[C@H](C)[C@@H](O)[C@]1(C)O. The lowest BCUT2D eigenvalue weighted by molar-refractivity contribution is -0.318. The van der Waals surface area contributed by atoms with Crippen LogP contribution in [0.3, 0.4) is 0 Å². The largest absolute Gasteiger partial charge is 0.459 e. The Labute approximate surface area is 393 Å². The van der Waals surface area contributed by atoms with Crippen LogP contribution in [-0.2, 0) is 52.6 Å². The minimum atomic E-state index is -1.82. The first kappa shape index (κ1) is 54.3. The van der Waals surface area contributed by atoms with Crippen molar-refractivity contribution in [3.05, 3.63) is 48.3 Å². The molecule has 2 aromatic rings. The van der Waals surface area contributed by atoms with Crippen LogP contribution in [0.15, 0.2) is 37.1 Å². The average molecular weight is 934 g/mol. The minimum Gasteiger partial charge on any atom is -0.459 e. The van der Waals surface area contributed by atoms with Crippen LogP contribution < -0.4 is 0 Å². The molecule has 0 bridgehead atoms. The Morgan fingerprint density at radius 2 is 1.64 bits per heavy atom. The van der Waals surface area contributed by atoms with Gasteiger partial charge in [0.2, 0.25) is 0 Å². The Morgan fingerprint density at radius 1 is 0.955 bits per heavy atom. The van der Waals surface area contributed by atoms with Gasteiger partial charge in [0.05, 0.1) is 53.6 Å². The number of pyridine rings is 1. The van der Waals surface area contributed by atoms with Gasteiger partial charge in [-0.05, 0) is 112 Å². The standard InChI is InChI=1S/C49H83N5O12/c1-14-38-49(10,60)42(56)33(6)53(12)26-29(2)24-47(8,59)44(31(4)41(32(5)45(58)64-38)65-39-25-48(9,61-13)43(57)34(7)63-39)66-46-40(55)37(23-30(3)62-46)52(11)21-18-36-27-54(28-51-36)22-17-35-15-19-50-20-16-35/h15-16,19-20,27-34,37-44,46,55-57,59-60H,14,17-18,21-26H2,1-13H3/t29-,30-,31+,32-,33-,34+,37+,38-,39+,40-,41+,42-,43+,44-,46+,47-,48-,49-/m1/s1. The molecule has 0 aromatic carbocycles. The molecule has 0 amide bonds. The lowest BCUT2D eigenvalue weighted by Crippen LogP contribution is -2.61. The lowest BCUT2D eigenvalue weighted by Gasteiger charge is -2.49. The molecular formula is C49H83N5O12. The summed E-state index contributed by atoms with van der Waals surface area (Å²) < 4.78 is 40.4. The van der Waals surface area contributed by atoms with E-state index in [4.69, 9.17) is 28.4 Å². The van der Waals surface area contributed by atoms with Crippen molar-refractivity contribution in [3.8, 4) is 0 Å². The summed E-state index contributed by atoms with van der Waals surface area (Å²) in [6.07, 6.45) is 0.270. The first-order chi connectivity index (χ1) is 30.9. The van der Waals surface area contributed by atoms with Gasteiger partial charge in [-0.25, -0.2) is 4.98 Å². The zero-order chi connectivity index (χ0) is 48.9. The van der Waals surface area contributed by atoms with E-state index in [1.54, 1.807) is 53.9 Å². The second-order valence-electron chi connectivity index (χ2n) is 20.6. The molecule has 376 valence electrons. The summed E-state index contributed by atoms with van der Waals surface area (Å²) in [4.78, 5) is 27.2. The van der Waals surface area contributed by atoms with Crippen LogP contribution in [0.4, 0.5) is 0 Å². The molecule has 0 spiro atoms. The van der Waals surface area contributed by atoms with E-state index in [0.717, 1.165) is 18.7 Å². The molecule has 0 radical (unpaired) electrons. The van der Waals surface area contributed by atoms with Gasteiger partial charge in [0.15, 0.2) is 12.6 Å². The molecule has 5 heterocycles. The molecule has 0 saturated carbocycles. The van der Waals surface area contributed by atoms with Gasteiger partial charge in [0, 0.05) is 76.2 Å². The summed E-state index contributed by atoms with van der Waals surface area (Å²) in [5, 5.41) is 59.5. The predicted molar refractivity (Wildman–Crippen MR) is 247 cm³/mol. The zero-order valence-corrected chi connectivity index (χ0v) is 41.8. The summed E-state index contributed by atoms with van der Waals surface area (Å²) >= 11 is 0. The van der Waals surface area contributed by atoms with Gasteiger partial charge in [-0.3, -0.25) is 9.78 Å². The fraction of sp³-hybridized carbons (Fsp3) is 0.816. The van der Waals surface area contributed by atoms with E-state index in [1.165, 1.54) is 19.6 Å². The molecule has 5 rings (SSSR count). The molecule has 3 fully saturated rings. The normalized spacial score (nSPS) is 41.6. The average Bonchev–Trinajstić information content (AvgIpc) is 3.73. The summed E-state index contributed by atoms with van der Waals surface area (Å²) in [6, 6.07) is 3.09. The molecule has 17 heteroatoms. The number of aliphatic hydroxyl groups is 5. The predicted octanol–water partition coefficient (Wildman–Crippen LogP) is 3.35. The highest BCUT2D eigenvalue weighted by molar-refractivity contribution is 5.73. The number of rotatable bonds is 13. The van der Waals surface area contributed by atoms with E-state index >= 15 is 0 Å². The lowest BCUT2D eigenvalue weighted by atomic mass is 9.77. The first-order valence-corrected chi connectivity index (χ1v) is 24.1. The Balaban J connectivity index is 1.45. The monoisotopic (exact) mass is 934 g/mol. The van der Waals surface area contributed by atoms with E-state index in [0.29, 0.717) is 25.9 Å². The van der Waals surface area contributed by atoms with E-state index in [2.05, 4.69) is 25.6 Å². The summed E-state index contributed by atoms with van der Waals surface area (Å²) in [5.41, 5.74) is -2.34. The highest BCUT2D eigenvalue weighted by Gasteiger charge is 2.53. The molecule has 17 nitrogen and oxygen atoms in total. The molecule has 0 aliphatic carbocycles. The van der Waals surface area contributed by atoms with Crippen molar-refractivity contribution in [2.75, 3.05) is 34.3 Å². The van der Waals surface area contributed by atoms with Crippen LogP contribution in [0, 0.1) is 17.8 Å². The number of carbonyl (C=O) groups excluding carboxylic acids is 1.